The number of rotatable bonds is 8. The Hall–Kier alpha value is -2.93. The molecule has 1 aliphatic heterocycles. The fourth-order valence-electron chi connectivity index (χ4n) is 4.46. The summed E-state index contributed by atoms with van der Waals surface area (Å²) in [5.41, 5.74) is 2.28. The van der Waals surface area contributed by atoms with Crippen LogP contribution in [0.2, 0.25) is 0 Å². The first kappa shape index (κ1) is 27.6. The van der Waals surface area contributed by atoms with Crippen LogP contribution in [0.15, 0.2) is 40.1 Å². The molecule has 2 fully saturated rings. The van der Waals surface area contributed by atoms with Crippen molar-refractivity contribution in [3.8, 4) is 11.4 Å². The maximum atomic E-state index is 13.7. The van der Waals surface area contributed by atoms with Crippen LogP contribution in [0.3, 0.4) is 0 Å². The molecule has 10 nitrogen and oxygen atoms in total. The van der Waals surface area contributed by atoms with Crippen molar-refractivity contribution >= 4 is 39.7 Å². The number of thiazole rings is 1. The third kappa shape index (κ3) is 5.98. The van der Waals surface area contributed by atoms with Crippen LogP contribution in [0.1, 0.15) is 45.0 Å². The molecular formula is C27H34N6O4S2. The molecule has 2 aliphatic rings. The standard InChI is InChI=1S/C27H34N6O4S2/c1-17-15-38-25(28-17)39(36)27(9-10-27)21-13-22(33-11-12-37-14-18(33)2)31-23(30-21)19-5-7-20(8-6-19)29-24(35)32-26(3,4)16-34/h5-8,13,15,18,34H,9-12,14,16H2,1-4H3,(H2,29,32,35)/t18-,39?/m0/s1. The number of carbonyl (C=O) groups is 1. The zero-order valence-corrected chi connectivity index (χ0v) is 24.2. The Kier molecular flexibility index (Phi) is 7.73. The van der Waals surface area contributed by atoms with Crippen molar-refractivity contribution in [3.63, 3.8) is 0 Å². The average Bonchev–Trinajstić information content (AvgIpc) is 3.62. The van der Waals surface area contributed by atoms with Crippen molar-refractivity contribution in [2.45, 2.75) is 61.2 Å². The zero-order chi connectivity index (χ0) is 27.8. The highest BCUT2D eigenvalue weighted by molar-refractivity contribution is 7.88. The molecule has 1 saturated carbocycles. The molecule has 208 valence electrons. The molecule has 3 aromatic rings. The third-order valence-electron chi connectivity index (χ3n) is 6.91. The Balaban J connectivity index is 1.47. The van der Waals surface area contributed by atoms with Crippen molar-refractivity contribution in [3.05, 3.63) is 47.1 Å². The first-order valence-corrected chi connectivity index (χ1v) is 15.0. The van der Waals surface area contributed by atoms with Gasteiger partial charge in [0.15, 0.2) is 10.2 Å². The number of aliphatic hydroxyl groups excluding tert-OH is 1. The largest absolute Gasteiger partial charge is 0.394 e. The zero-order valence-electron chi connectivity index (χ0n) is 22.6. The number of aromatic nitrogens is 3. The Labute approximate surface area is 234 Å². The van der Waals surface area contributed by atoms with Crippen LogP contribution in [0.4, 0.5) is 16.3 Å². The molecule has 0 radical (unpaired) electrons. The minimum Gasteiger partial charge on any atom is -0.394 e. The van der Waals surface area contributed by atoms with Crippen LogP contribution in [0, 0.1) is 6.92 Å². The predicted octanol–water partition coefficient (Wildman–Crippen LogP) is 3.82. The van der Waals surface area contributed by atoms with Crippen LogP contribution in [-0.4, -0.2) is 68.2 Å². The maximum Gasteiger partial charge on any atom is 0.319 e. The number of urea groups is 1. The van der Waals surface area contributed by atoms with Crippen LogP contribution >= 0.6 is 11.3 Å². The molecule has 1 aliphatic carbocycles. The topological polar surface area (TPSA) is 130 Å². The number of carbonyl (C=O) groups excluding carboxylic acids is 1. The molecule has 1 saturated heterocycles. The van der Waals surface area contributed by atoms with Crippen molar-refractivity contribution in [1.29, 1.82) is 0 Å². The molecule has 39 heavy (non-hydrogen) atoms. The highest BCUT2D eigenvalue weighted by Gasteiger charge is 2.53. The van der Waals surface area contributed by atoms with Gasteiger partial charge >= 0.3 is 6.03 Å². The van der Waals surface area contributed by atoms with Gasteiger partial charge in [0.05, 0.1) is 52.6 Å². The Morgan fingerprint density at radius 2 is 2.00 bits per heavy atom. The lowest BCUT2D eigenvalue weighted by Gasteiger charge is -2.34. The van der Waals surface area contributed by atoms with Gasteiger partial charge in [0.25, 0.3) is 0 Å². The van der Waals surface area contributed by atoms with E-state index in [1.54, 1.807) is 26.0 Å². The molecule has 3 heterocycles. The van der Waals surface area contributed by atoms with Gasteiger partial charge in [-0.25, -0.2) is 19.7 Å². The quantitative estimate of drug-likeness (QED) is 0.373. The number of morpholine rings is 1. The van der Waals surface area contributed by atoms with Gasteiger partial charge < -0.3 is 25.4 Å². The van der Waals surface area contributed by atoms with Gasteiger partial charge in [0.2, 0.25) is 0 Å². The molecule has 0 spiro atoms. The number of aryl methyl sites for hydroxylation is 1. The number of nitrogens with one attached hydrogen (secondary N) is 2. The number of amides is 2. The lowest BCUT2D eigenvalue weighted by Crippen LogP contribution is -2.48. The summed E-state index contributed by atoms with van der Waals surface area (Å²) in [5, 5.41) is 16.8. The lowest BCUT2D eigenvalue weighted by molar-refractivity contribution is 0.0985. The number of aliphatic hydroxyl groups is 1. The lowest BCUT2D eigenvalue weighted by atomic mass is 10.1. The van der Waals surface area contributed by atoms with Crippen LogP contribution < -0.4 is 15.5 Å². The number of benzene rings is 1. The number of ether oxygens (including phenoxy) is 1. The van der Waals surface area contributed by atoms with E-state index in [9.17, 15) is 14.1 Å². The predicted molar refractivity (Wildman–Crippen MR) is 153 cm³/mol. The number of hydrogen-bond acceptors (Lipinski definition) is 9. The van der Waals surface area contributed by atoms with Crippen molar-refractivity contribution in [1.82, 2.24) is 20.3 Å². The normalized spacial score (nSPS) is 19.4. The van der Waals surface area contributed by atoms with E-state index < -0.39 is 27.1 Å². The fourth-order valence-corrected chi connectivity index (χ4v) is 7.28. The number of anilines is 2. The van der Waals surface area contributed by atoms with E-state index in [1.165, 1.54) is 11.3 Å². The molecular weight excluding hydrogens is 536 g/mol. The van der Waals surface area contributed by atoms with Gasteiger partial charge in [0, 0.05) is 34.9 Å². The van der Waals surface area contributed by atoms with E-state index in [-0.39, 0.29) is 12.6 Å². The molecule has 1 unspecified atom stereocenters. The molecule has 12 heteroatoms. The van der Waals surface area contributed by atoms with Crippen molar-refractivity contribution in [2.24, 2.45) is 0 Å². The van der Waals surface area contributed by atoms with Gasteiger partial charge in [-0.2, -0.15) is 0 Å². The number of hydrogen-bond donors (Lipinski definition) is 3. The SMILES string of the molecule is Cc1csc(S(=O)C2(c3cc(N4CCOC[C@@H]4C)nc(-c4ccc(NC(=O)NC(C)(C)CO)cc4)n3)CC2)n1. The second-order valence-electron chi connectivity index (χ2n) is 10.8. The third-order valence-corrected chi connectivity index (χ3v) is 10.1. The summed E-state index contributed by atoms with van der Waals surface area (Å²) in [6.45, 7) is 9.25. The molecule has 1 aromatic carbocycles. The van der Waals surface area contributed by atoms with Crippen molar-refractivity contribution in [2.75, 3.05) is 36.6 Å². The van der Waals surface area contributed by atoms with Gasteiger partial charge in [-0.1, -0.05) is 0 Å². The second kappa shape index (κ2) is 10.9. The Bertz CT molecular complexity index is 1370. The smallest absolute Gasteiger partial charge is 0.319 e. The minimum absolute atomic E-state index is 0.143. The van der Waals surface area contributed by atoms with Crippen LogP contribution in [-0.2, 0) is 20.3 Å². The highest BCUT2D eigenvalue weighted by Crippen LogP contribution is 2.53. The number of nitrogens with zero attached hydrogens (tertiary/aromatic N) is 4. The van der Waals surface area contributed by atoms with Gasteiger partial charge in [-0.15, -0.1) is 11.3 Å². The van der Waals surface area contributed by atoms with Crippen LogP contribution in [0.25, 0.3) is 11.4 Å². The van der Waals surface area contributed by atoms with E-state index in [4.69, 9.17) is 14.7 Å². The molecule has 5 rings (SSSR count). The fraction of sp³-hybridized carbons (Fsp3) is 0.481. The van der Waals surface area contributed by atoms with Gasteiger partial charge in [-0.05, 0) is 64.8 Å². The first-order valence-electron chi connectivity index (χ1n) is 13.0. The average molecular weight is 571 g/mol. The second-order valence-corrected chi connectivity index (χ2v) is 13.6. The summed E-state index contributed by atoms with van der Waals surface area (Å²) >= 11 is 1.43. The monoisotopic (exact) mass is 570 g/mol. The first-order chi connectivity index (χ1) is 18.6. The van der Waals surface area contributed by atoms with E-state index in [2.05, 4.69) is 27.4 Å². The van der Waals surface area contributed by atoms with E-state index >= 15 is 0 Å². The summed E-state index contributed by atoms with van der Waals surface area (Å²) in [4.78, 5) is 28.9. The summed E-state index contributed by atoms with van der Waals surface area (Å²) < 4.78 is 19.4. The Morgan fingerprint density at radius 3 is 2.62 bits per heavy atom. The van der Waals surface area contributed by atoms with Crippen molar-refractivity contribution < 1.29 is 18.8 Å². The molecule has 2 amide bonds. The molecule has 2 aromatic heterocycles. The highest BCUT2D eigenvalue weighted by atomic mass is 32.2. The Morgan fingerprint density at radius 1 is 1.26 bits per heavy atom. The van der Waals surface area contributed by atoms with E-state index in [0.717, 1.165) is 35.6 Å². The van der Waals surface area contributed by atoms with Gasteiger partial charge in [-0.3, -0.25) is 4.21 Å². The molecule has 2 atom stereocenters. The summed E-state index contributed by atoms with van der Waals surface area (Å²) in [6, 6.07) is 9.02. The van der Waals surface area contributed by atoms with Gasteiger partial charge in [0.1, 0.15) is 5.82 Å². The maximum absolute atomic E-state index is 13.7. The van der Waals surface area contributed by atoms with E-state index in [1.807, 2.05) is 30.5 Å². The van der Waals surface area contributed by atoms with E-state index in [0.29, 0.717) is 35.6 Å². The molecule has 0 bridgehead atoms. The van der Waals surface area contributed by atoms with Crippen LogP contribution in [0.5, 0.6) is 0 Å². The minimum atomic E-state index is -1.32. The summed E-state index contributed by atoms with van der Waals surface area (Å²) in [7, 11) is -1.32. The summed E-state index contributed by atoms with van der Waals surface area (Å²) in [6.07, 6.45) is 1.55. The summed E-state index contributed by atoms with van der Waals surface area (Å²) in [5.74, 6) is 1.33. The molecule has 3 N–H and O–H groups in total.